The van der Waals surface area contributed by atoms with Gasteiger partial charge in [-0.1, -0.05) is 13.8 Å². The lowest BCUT2D eigenvalue weighted by Crippen LogP contribution is -2.03. The standard InChI is InChI=1S/C10H13N3O4/c1-3-6(2)7-4-8(12(14)15)10(11)9(5-7)13(16)17/h4-6H,3,11H2,1-2H3. The van der Waals surface area contributed by atoms with Crippen LogP contribution >= 0.6 is 0 Å². The van der Waals surface area contributed by atoms with E-state index in [9.17, 15) is 20.2 Å². The predicted octanol–water partition coefficient (Wildman–Crippen LogP) is 2.60. The molecule has 7 nitrogen and oxygen atoms in total. The maximum absolute atomic E-state index is 10.8. The van der Waals surface area contributed by atoms with Crippen molar-refractivity contribution in [3.8, 4) is 0 Å². The Morgan fingerprint density at radius 1 is 1.24 bits per heavy atom. The van der Waals surface area contributed by atoms with Crippen LogP contribution in [-0.4, -0.2) is 9.85 Å². The van der Waals surface area contributed by atoms with Gasteiger partial charge >= 0.3 is 0 Å². The lowest BCUT2D eigenvalue weighted by molar-refractivity contribution is -0.392. The average Bonchev–Trinajstić information content (AvgIpc) is 2.27. The molecule has 0 amide bonds. The molecule has 1 aromatic carbocycles. The maximum atomic E-state index is 10.8. The molecule has 0 saturated heterocycles. The molecule has 1 atom stereocenters. The summed E-state index contributed by atoms with van der Waals surface area (Å²) in [5.41, 5.74) is 4.76. The monoisotopic (exact) mass is 239 g/mol. The highest BCUT2D eigenvalue weighted by Gasteiger charge is 2.25. The summed E-state index contributed by atoms with van der Waals surface area (Å²) < 4.78 is 0. The second-order valence-corrected chi connectivity index (χ2v) is 3.80. The van der Waals surface area contributed by atoms with E-state index in [-0.39, 0.29) is 5.92 Å². The first kappa shape index (κ1) is 12.9. The van der Waals surface area contributed by atoms with Crippen molar-refractivity contribution in [2.45, 2.75) is 26.2 Å². The van der Waals surface area contributed by atoms with E-state index in [1.165, 1.54) is 12.1 Å². The van der Waals surface area contributed by atoms with Crippen LogP contribution in [0.1, 0.15) is 31.7 Å². The molecule has 0 aromatic heterocycles. The van der Waals surface area contributed by atoms with Crippen molar-refractivity contribution < 1.29 is 9.85 Å². The van der Waals surface area contributed by atoms with Crippen molar-refractivity contribution in [1.82, 2.24) is 0 Å². The molecule has 0 aliphatic carbocycles. The van der Waals surface area contributed by atoms with Crippen molar-refractivity contribution in [3.05, 3.63) is 37.9 Å². The molecule has 1 aromatic rings. The molecule has 2 N–H and O–H groups in total. The smallest absolute Gasteiger partial charge is 0.299 e. The molecule has 17 heavy (non-hydrogen) atoms. The van der Waals surface area contributed by atoms with Gasteiger partial charge in [0.05, 0.1) is 9.85 Å². The van der Waals surface area contributed by atoms with Gasteiger partial charge in [0.15, 0.2) is 5.69 Å². The van der Waals surface area contributed by atoms with Crippen LogP contribution in [0.3, 0.4) is 0 Å². The van der Waals surface area contributed by atoms with Crippen molar-refractivity contribution in [2.24, 2.45) is 0 Å². The molecule has 0 aliphatic heterocycles. The van der Waals surface area contributed by atoms with Crippen molar-refractivity contribution in [3.63, 3.8) is 0 Å². The van der Waals surface area contributed by atoms with Gasteiger partial charge in [0, 0.05) is 12.1 Å². The number of hydrogen-bond acceptors (Lipinski definition) is 5. The SMILES string of the molecule is CCC(C)c1cc([N+](=O)[O-])c(N)c([N+](=O)[O-])c1. The van der Waals surface area contributed by atoms with Gasteiger partial charge in [-0.2, -0.15) is 0 Å². The summed E-state index contributed by atoms with van der Waals surface area (Å²) in [4.78, 5) is 20.1. The van der Waals surface area contributed by atoms with E-state index < -0.39 is 26.9 Å². The first-order valence-electron chi connectivity index (χ1n) is 5.10. The molecule has 0 saturated carbocycles. The maximum Gasteiger partial charge on any atom is 0.299 e. The fraction of sp³-hybridized carbons (Fsp3) is 0.400. The number of anilines is 1. The molecule has 0 aliphatic rings. The number of benzene rings is 1. The van der Waals surface area contributed by atoms with Crippen LogP contribution in [-0.2, 0) is 0 Å². The van der Waals surface area contributed by atoms with Gasteiger partial charge in [-0.05, 0) is 17.9 Å². The molecule has 0 bridgehead atoms. The highest BCUT2D eigenvalue weighted by Crippen LogP contribution is 2.35. The van der Waals surface area contributed by atoms with E-state index in [1.807, 2.05) is 13.8 Å². The van der Waals surface area contributed by atoms with Crippen molar-refractivity contribution in [1.29, 1.82) is 0 Å². The Balaban J connectivity index is 3.47. The molecular weight excluding hydrogens is 226 g/mol. The van der Waals surface area contributed by atoms with Gasteiger partial charge < -0.3 is 5.73 Å². The summed E-state index contributed by atoms with van der Waals surface area (Å²) in [6.45, 7) is 3.75. The minimum Gasteiger partial charge on any atom is -0.388 e. The van der Waals surface area contributed by atoms with Crippen LogP contribution in [0.15, 0.2) is 12.1 Å². The quantitative estimate of drug-likeness (QED) is 0.493. The largest absolute Gasteiger partial charge is 0.388 e. The third kappa shape index (κ3) is 2.49. The van der Waals surface area contributed by atoms with Gasteiger partial charge in [-0.15, -0.1) is 0 Å². The fourth-order valence-electron chi connectivity index (χ4n) is 1.47. The minimum absolute atomic E-state index is 0.00741. The molecule has 0 radical (unpaired) electrons. The summed E-state index contributed by atoms with van der Waals surface area (Å²) in [6, 6.07) is 2.60. The Hall–Kier alpha value is -2.18. The molecular formula is C10H13N3O4. The van der Waals surface area contributed by atoms with Crippen LogP contribution in [0.2, 0.25) is 0 Å². The molecule has 1 rings (SSSR count). The van der Waals surface area contributed by atoms with Crippen LogP contribution in [0.4, 0.5) is 17.1 Å². The van der Waals surface area contributed by atoms with Gasteiger partial charge in [0.2, 0.25) is 0 Å². The first-order chi connectivity index (χ1) is 7.88. The molecule has 92 valence electrons. The lowest BCUT2D eigenvalue weighted by Gasteiger charge is -2.09. The lowest BCUT2D eigenvalue weighted by atomic mass is 9.97. The summed E-state index contributed by atoms with van der Waals surface area (Å²) in [5.74, 6) is 0.00741. The number of nitrogen functional groups attached to an aromatic ring is 1. The van der Waals surface area contributed by atoms with Gasteiger partial charge in [0.25, 0.3) is 11.4 Å². The van der Waals surface area contributed by atoms with E-state index in [0.29, 0.717) is 5.56 Å². The predicted molar refractivity (Wildman–Crippen MR) is 62.9 cm³/mol. The van der Waals surface area contributed by atoms with E-state index in [0.717, 1.165) is 6.42 Å². The summed E-state index contributed by atoms with van der Waals surface area (Å²) >= 11 is 0. The zero-order chi connectivity index (χ0) is 13.2. The molecule has 0 spiro atoms. The highest BCUT2D eigenvalue weighted by atomic mass is 16.6. The van der Waals surface area contributed by atoms with Crippen molar-refractivity contribution >= 4 is 17.1 Å². The average molecular weight is 239 g/mol. The summed E-state index contributed by atoms with van der Waals surface area (Å²) in [7, 11) is 0. The Morgan fingerprint density at radius 2 is 1.65 bits per heavy atom. The van der Waals surface area contributed by atoms with Gasteiger partial charge in [-0.25, -0.2) is 0 Å². The van der Waals surface area contributed by atoms with E-state index in [2.05, 4.69) is 0 Å². The zero-order valence-electron chi connectivity index (χ0n) is 9.54. The van der Waals surface area contributed by atoms with Gasteiger partial charge in [0.1, 0.15) is 0 Å². The van der Waals surface area contributed by atoms with E-state index >= 15 is 0 Å². The highest BCUT2D eigenvalue weighted by molar-refractivity contribution is 5.72. The molecule has 7 heteroatoms. The number of nitro benzene ring substituents is 2. The van der Waals surface area contributed by atoms with Crippen LogP contribution in [0.25, 0.3) is 0 Å². The molecule has 1 unspecified atom stereocenters. The second kappa shape index (κ2) is 4.77. The second-order valence-electron chi connectivity index (χ2n) is 3.80. The number of nitro groups is 2. The summed E-state index contributed by atoms with van der Waals surface area (Å²) in [5, 5.41) is 21.5. The zero-order valence-corrected chi connectivity index (χ0v) is 9.54. The number of hydrogen-bond donors (Lipinski definition) is 1. The Morgan fingerprint density at radius 3 is 1.94 bits per heavy atom. The van der Waals surface area contributed by atoms with Crippen LogP contribution in [0, 0.1) is 20.2 Å². The van der Waals surface area contributed by atoms with Crippen LogP contribution < -0.4 is 5.73 Å². The minimum atomic E-state index is -0.700. The fourth-order valence-corrected chi connectivity index (χ4v) is 1.47. The third-order valence-electron chi connectivity index (χ3n) is 2.73. The molecule has 0 fully saturated rings. The Kier molecular flexibility index (Phi) is 3.62. The van der Waals surface area contributed by atoms with E-state index in [1.54, 1.807) is 0 Å². The number of nitrogens with two attached hydrogens (primary N) is 1. The Bertz CT molecular complexity index is 438. The topological polar surface area (TPSA) is 112 Å². The first-order valence-corrected chi connectivity index (χ1v) is 5.10. The third-order valence-corrected chi connectivity index (χ3v) is 2.73. The van der Waals surface area contributed by atoms with Gasteiger partial charge in [-0.3, -0.25) is 20.2 Å². The summed E-state index contributed by atoms with van der Waals surface area (Å²) in [6.07, 6.45) is 0.734. The Labute approximate surface area is 97.5 Å². The number of nitrogens with zero attached hydrogens (tertiary/aromatic N) is 2. The van der Waals surface area contributed by atoms with Crippen LogP contribution in [0.5, 0.6) is 0 Å². The normalized spacial score (nSPS) is 12.1. The number of rotatable bonds is 4. The van der Waals surface area contributed by atoms with Crippen molar-refractivity contribution in [2.75, 3.05) is 5.73 Å². The van der Waals surface area contributed by atoms with E-state index in [4.69, 9.17) is 5.73 Å². The molecule has 0 heterocycles.